The number of aromatic amines is 1. The number of H-pyrrole nitrogens is 1. The van der Waals surface area contributed by atoms with Gasteiger partial charge in [0.2, 0.25) is 11.8 Å². The fourth-order valence-corrected chi connectivity index (χ4v) is 6.31. The predicted molar refractivity (Wildman–Crippen MR) is 150 cm³/mol. The Morgan fingerprint density at radius 2 is 2.00 bits per heavy atom. The van der Waals surface area contributed by atoms with Crippen LogP contribution in [-0.4, -0.2) is 82.7 Å². The van der Waals surface area contributed by atoms with Crippen molar-refractivity contribution in [3.8, 4) is 5.75 Å². The molecule has 0 radical (unpaired) electrons. The van der Waals surface area contributed by atoms with Crippen LogP contribution in [0.15, 0.2) is 30.5 Å². The summed E-state index contributed by atoms with van der Waals surface area (Å²) in [6.45, 7) is 8.17. The number of nitrogens with one attached hydrogen (secondary N) is 3. The monoisotopic (exact) mass is 630 g/mol. The summed E-state index contributed by atoms with van der Waals surface area (Å²) in [6.07, 6.45) is -2.83. The zero-order valence-electron chi connectivity index (χ0n) is 24.8. The number of aryl methyl sites for hydroxylation is 1. The molecule has 4 rings (SSSR count). The molecule has 1 amide bonds. The van der Waals surface area contributed by atoms with Crippen molar-refractivity contribution in [2.75, 3.05) is 13.7 Å². The predicted octanol–water partition coefficient (Wildman–Crippen LogP) is 3.13. The lowest BCUT2D eigenvalue weighted by Gasteiger charge is -2.46. The van der Waals surface area contributed by atoms with Crippen molar-refractivity contribution in [3.63, 3.8) is 0 Å². The van der Waals surface area contributed by atoms with Crippen LogP contribution < -0.4 is 14.9 Å². The summed E-state index contributed by atoms with van der Waals surface area (Å²) in [5, 5.41) is 16.0. The number of carbonyl (C=O) groups is 2. The van der Waals surface area contributed by atoms with Gasteiger partial charge in [-0.2, -0.15) is 5.09 Å². The molecule has 0 saturated carbocycles. The zero-order chi connectivity index (χ0) is 31.9. The van der Waals surface area contributed by atoms with E-state index in [9.17, 15) is 19.3 Å². The van der Waals surface area contributed by atoms with Crippen LogP contribution in [0, 0.1) is 12.7 Å². The van der Waals surface area contributed by atoms with Crippen LogP contribution in [0.4, 0.5) is 8.78 Å². The van der Waals surface area contributed by atoms with Crippen molar-refractivity contribution in [2.24, 2.45) is 0 Å². The minimum atomic E-state index is -4.63. The zero-order valence-corrected chi connectivity index (χ0v) is 25.7. The number of hydrogen-bond acceptors (Lipinski definition) is 10. The van der Waals surface area contributed by atoms with Crippen molar-refractivity contribution in [3.05, 3.63) is 42.0 Å². The number of aliphatic hydroxyl groups is 1. The van der Waals surface area contributed by atoms with Gasteiger partial charge in [-0.05, 0) is 52.8 Å². The van der Waals surface area contributed by atoms with Crippen molar-refractivity contribution in [1.29, 1.82) is 0 Å². The summed E-state index contributed by atoms with van der Waals surface area (Å²) in [7, 11) is -3.33. The molecule has 13 nitrogen and oxygen atoms in total. The van der Waals surface area contributed by atoms with Gasteiger partial charge in [-0.1, -0.05) is 0 Å². The van der Waals surface area contributed by atoms with Gasteiger partial charge in [0.25, 0.3) is 0 Å². The first-order valence-electron chi connectivity index (χ1n) is 13.6. The Morgan fingerprint density at radius 3 is 2.65 bits per heavy atom. The largest absolute Gasteiger partial charge is 0.462 e. The molecule has 1 aromatic carbocycles. The lowest BCUT2D eigenvalue weighted by molar-refractivity contribution is -0.213. The SMILES string of the molecule is COC1(C)NC(=O)C=CN1[C@@H]1O[C@H](COP(=O)(N[C@@H](C)C(=O)OC(C)C)Oc2ccc3[nH]c(C)cc3c2F)[C@@H](O)[C@@]1(C)F. The average molecular weight is 631 g/mol. The van der Waals surface area contributed by atoms with Gasteiger partial charge >= 0.3 is 13.7 Å². The molecule has 2 unspecified atom stereocenters. The van der Waals surface area contributed by atoms with Crippen molar-refractivity contribution in [1.82, 2.24) is 20.3 Å². The van der Waals surface area contributed by atoms with E-state index in [1.807, 2.05) is 0 Å². The number of carbonyl (C=O) groups excluding carboxylic acids is 2. The number of ether oxygens (including phenoxy) is 3. The molecule has 1 fully saturated rings. The third-order valence-electron chi connectivity index (χ3n) is 7.12. The maximum Gasteiger partial charge on any atom is 0.459 e. The number of amides is 1. The molecule has 3 heterocycles. The number of methoxy groups -OCH3 is 1. The Kier molecular flexibility index (Phi) is 9.27. The van der Waals surface area contributed by atoms with Crippen LogP contribution in [0.25, 0.3) is 10.9 Å². The standard InChI is InChI=1S/C27H37F2N4O9P/c1-14(2)40-24(36)16(4)32-43(37,42-19-9-8-18-17(22(19)28)12-15(3)30-18)39-13-20-23(35)26(5,29)25(41-20)33-11-10-21(34)31-27(33,6)38-7/h8-12,14,16,20,23,25,30,35H,13H2,1-7H3,(H,31,34)(H,32,37)/t16-,20+,23+,25+,26+,27?,43?/m0/s1. The second-order valence-corrected chi connectivity index (χ2v) is 12.7. The van der Waals surface area contributed by atoms with E-state index in [2.05, 4.69) is 15.4 Å². The number of fused-ring (bicyclic) bond motifs is 1. The smallest absolute Gasteiger partial charge is 0.459 e. The minimum Gasteiger partial charge on any atom is -0.462 e. The number of esters is 1. The molecule has 4 N–H and O–H groups in total. The summed E-state index contributed by atoms with van der Waals surface area (Å²) < 4.78 is 72.8. The Labute approximate surface area is 247 Å². The molecule has 7 atom stereocenters. The lowest BCUT2D eigenvalue weighted by atomic mass is 9.97. The van der Waals surface area contributed by atoms with Gasteiger partial charge in [-0.15, -0.1) is 0 Å². The minimum absolute atomic E-state index is 0.169. The second-order valence-electron chi connectivity index (χ2n) is 11.0. The summed E-state index contributed by atoms with van der Waals surface area (Å²) in [5.74, 6) is -4.09. The van der Waals surface area contributed by atoms with Crippen molar-refractivity contribution in [2.45, 2.75) is 83.6 Å². The summed E-state index contributed by atoms with van der Waals surface area (Å²) in [4.78, 5) is 28.6. The molecule has 238 valence electrons. The van der Waals surface area contributed by atoms with Gasteiger partial charge in [0.1, 0.15) is 18.2 Å². The van der Waals surface area contributed by atoms with E-state index < -0.39 is 79.9 Å². The maximum absolute atomic E-state index is 16.0. The van der Waals surface area contributed by atoms with Crippen molar-refractivity contribution < 1.29 is 51.3 Å². The highest BCUT2D eigenvalue weighted by molar-refractivity contribution is 7.52. The van der Waals surface area contributed by atoms with Crippen LogP contribution in [-0.2, 0) is 32.9 Å². The first-order chi connectivity index (χ1) is 20.0. The fraction of sp³-hybridized carbons (Fsp3) is 0.556. The molecule has 2 aromatic rings. The van der Waals surface area contributed by atoms with Gasteiger partial charge in [-0.25, -0.2) is 13.3 Å². The van der Waals surface area contributed by atoms with Crippen LogP contribution >= 0.6 is 7.75 Å². The van der Waals surface area contributed by atoms with E-state index in [4.69, 9.17) is 23.3 Å². The molecule has 0 aliphatic carbocycles. The lowest BCUT2D eigenvalue weighted by Crippen LogP contribution is -2.66. The summed E-state index contributed by atoms with van der Waals surface area (Å²) in [6, 6.07) is 3.05. The molecule has 0 bridgehead atoms. The summed E-state index contributed by atoms with van der Waals surface area (Å²) in [5.41, 5.74) is -1.30. The van der Waals surface area contributed by atoms with Crippen LogP contribution in [0.5, 0.6) is 5.75 Å². The molecular formula is C27H37F2N4O9P. The van der Waals surface area contributed by atoms with E-state index >= 15 is 8.78 Å². The number of alkyl halides is 1. The van der Waals surface area contributed by atoms with Crippen LogP contribution in [0.3, 0.4) is 0 Å². The molecule has 2 aliphatic heterocycles. The van der Waals surface area contributed by atoms with E-state index in [0.29, 0.717) is 11.2 Å². The van der Waals surface area contributed by atoms with E-state index in [1.54, 1.807) is 20.8 Å². The first-order valence-corrected chi connectivity index (χ1v) is 15.1. The average Bonchev–Trinajstić information content (AvgIpc) is 3.40. The van der Waals surface area contributed by atoms with Gasteiger partial charge in [0.05, 0.1) is 12.7 Å². The Morgan fingerprint density at radius 1 is 1.30 bits per heavy atom. The number of aromatic nitrogens is 1. The fourth-order valence-electron chi connectivity index (χ4n) is 4.81. The Bertz CT molecular complexity index is 1450. The number of hydrogen-bond donors (Lipinski definition) is 4. The maximum atomic E-state index is 16.0. The van der Waals surface area contributed by atoms with Gasteiger partial charge in [-0.3, -0.25) is 14.1 Å². The van der Waals surface area contributed by atoms with Crippen LogP contribution in [0.1, 0.15) is 40.3 Å². The molecule has 16 heteroatoms. The molecule has 43 heavy (non-hydrogen) atoms. The third-order valence-corrected chi connectivity index (χ3v) is 8.75. The molecule has 1 saturated heterocycles. The highest BCUT2D eigenvalue weighted by atomic mass is 31.2. The topological polar surface area (TPSA) is 161 Å². The van der Waals surface area contributed by atoms with E-state index in [1.165, 1.54) is 50.3 Å². The van der Waals surface area contributed by atoms with Crippen molar-refractivity contribution >= 4 is 30.5 Å². The molecule has 2 aliphatic rings. The molecular weight excluding hydrogens is 593 g/mol. The van der Waals surface area contributed by atoms with E-state index in [-0.39, 0.29) is 5.39 Å². The Balaban J connectivity index is 1.59. The van der Waals surface area contributed by atoms with Crippen LogP contribution in [0.2, 0.25) is 0 Å². The van der Waals surface area contributed by atoms with E-state index in [0.717, 1.165) is 13.0 Å². The quantitative estimate of drug-likeness (QED) is 0.213. The number of nitrogens with zero attached hydrogens (tertiary/aromatic N) is 1. The molecule has 0 spiro atoms. The first kappa shape index (κ1) is 32.8. The van der Waals surface area contributed by atoms with Gasteiger partial charge in [0.15, 0.2) is 23.5 Å². The van der Waals surface area contributed by atoms with Gasteiger partial charge in [0, 0.05) is 42.9 Å². The number of halogens is 2. The molecule has 1 aromatic heterocycles. The highest BCUT2D eigenvalue weighted by Gasteiger charge is 2.59. The number of aliphatic hydroxyl groups excluding tert-OH is 1. The summed E-state index contributed by atoms with van der Waals surface area (Å²) >= 11 is 0. The Hall–Kier alpha value is -3.07. The normalized spacial score (nSPS) is 29.5. The third kappa shape index (κ3) is 6.71. The number of benzene rings is 1. The second kappa shape index (κ2) is 12.1. The van der Waals surface area contributed by atoms with Gasteiger partial charge < -0.3 is 39.0 Å². The number of rotatable bonds is 11. The highest BCUT2D eigenvalue weighted by Crippen LogP contribution is 2.48.